The number of hydrogen-bond donors (Lipinski definition) is 1. The van der Waals surface area contributed by atoms with Crippen LogP contribution in [0.1, 0.15) is 0 Å². The molecule has 2 aromatic carbocycles. The highest BCUT2D eigenvalue weighted by Gasteiger charge is 2.19. The molecule has 2 heterocycles. The molecule has 1 saturated heterocycles. The maximum Gasteiger partial charge on any atom is 0.234 e. The average molecular weight is 476 g/mol. The number of carbonyl (C=O) groups is 1. The fourth-order valence-electron chi connectivity index (χ4n) is 3.34. The topological polar surface area (TPSA) is 61.4 Å². The van der Waals surface area contributed by atoms with Gasteiger partial charge in [-0.15, -0.1) is 0 Å². The number of piperazine rings is 1. The van der Waals surface area contributed by atoms with Crippen molar-refractivity contribution in [1.82, 2.24) is 9.97 Å². The molecular weight excluding hydrogens is 456 g/mol. The highest BCUT2D eigenvalue weighted by molar-refractivity contribution is 7.99. The molecule has 1 N–H and O–H groups in total. The van der Waals surface area contributed by atoms with Crippen molar-refractivity contribution in [3.05, 3.63) is 71.5 Å². The second-order valence-electron chi connectivity index (χ2n) is 7.13. The number of rotatable bonds is 6. The third-order valence-corrected chi connectivity index (χ3v) is 6.19. The van der Waals surface area contributed by atoms with Gasteiger partial charge in [-0.05, 0) is 42.5 Å². The van der Waals surface area contributed by atoms with Gasteiger partial charge < -0.3 is 15.1 Å². The second kappa shape index (κ2) is 10.1. The first kappa shape index (κ1) is 22.3. The number of halogens is 3. The van der Waals surface area contributed by atoms with Crippen LogP contribution in [0.3, 0.4) is 0 Å². The first-order valence-electron chi connectivity index (χ1n) is 9.93. The van der Waals surface area contributed by atoms with E-state index in [-0.39, 0.29) is 22.5 Å². The summed E-state index contributed by atoms with van der Waals surface area (Å²) in [5.74, 6) is -0.0820. The Bertz CT molecular complexity index is 1090. The molecule has 1 aliphatic rings. The van der Waals surface area contributed by atoms with Gasteiger partial charge in [0.1, 0.15) is 28.8 Å². The summed E-state index contributed by atoms with van der Waals surface area (Å²) in [6.45, 7) is 3.12. The minimum atomic E-state index is -0.536. The summed E-state index contributed by atoms with van der Waals surface area (Å²) in [5, 5.41) is 3.33. The van der Waals surface area contributed by atoms with Gasteiger partial charge in [0.15, 0.2) is 0 Å². The number of benzene rings is 2. The number of carbonyl (C=O) groups excluding carboxylic acids is 1. The summed E-state index contributed by atoms with van der Waals surface area (Å²) < 4.78 is 26.4. The molecule has 166 valence electrons. The average Bonchev–Trinajstić information content (AvgIpc) is 2.81. The van der Waals surface area contributed by atoms with Gasteiger partial charge in [-0.2, -0.15) is 0 Å². The van der Waals surface area contributed by atoms with Crippen LogP contribution in [0.2, 0.25) is 5.02 Å². The molecule has 32 heavy (non-hydrogen) atoms. The second-order valence-corrected chi connectivity index (χ2v) is 8.53. The smallest absolute Gasteiger partial charge is 0.234 e. The van der Waals surface area contributed by atoms with Gasteiger partial charge in [0.05, 0.1) is 10.8 Å². The Hall–Kier alpha value is -2.91. The molecule has 10 heteroatoms. The number of aromatic nitrogens is 2. The lowest BCUT2D eigenvalue weighted by Gasteiger charge is -2.36. The number of thioether (sulfide) groups is 1. The monoisotopic (exact) mass is 475 g/mol. The van der Waals surface area contributed by atoms with E-state index in [1.165, 1.54) is 48.4 Å². The highest BCUT2D eigenvalue weighted by Crippen LogP contribution is 2.24. The zero-order chi connectivity index (χ0) is 22.5. The summed E-state index contributed by atoms with van der Waals surface area (Å²) in [6.07, 6.45) is 1.49. The van der Waals surface area contributed by atoms with Crippen LogP contribution < -0.4 is 15.1 Å². The van der Waals surface area contributed by atoms with E-state index in [4.69, 9.17) is 11.6 Å². The number of anilines is 3. The van der Waals surface area contributed by atoms with Crippen LogP contribution >= 0.6 is 23.4 Å². The largest absolute Gasteiger partial charge is 0.368 e. The molecule has 3 aromatic rings. The molecule has 4 rings (SSSR count). The van der Waals surface area contributed by atoms with Gasteiger partial charge in [-0.3, -0.25) is 4.79 Å². The highest BCUT2D eigenvalue weighted by atomic mass is 35.5. The predicted octanol–water partition coefficient (Wildman–Crippen LogP) is 4.47. The first-order valence-corrected chi connectivity index (χ1v) is 11.3. The molecule has 0 saturated carbocycles. The third-order valence-electron chi connectivity index (χ3n) is 4.98. The van der Waals surface area contributed by atoms with Crippen LogP contribution in [0, 0.1) is 11.6 Å². The van der Waals surface area contributed by atoms with Crippen molar-refractivity contribution in [3.63, 3.8) is 0 Å². The van der Waals surface area contributed by atoms with E-state index in [9.17, 15) is 13.6 Å². The van der Waals surface area contributed by atoms with Crippen LogP contribution in [-0.4, -0.2) is 47.8 Å². The zero-order valence-electron chi connectivity index (χ0n) is 17.0. The lowest BCUT2D eigenvalue weighted by atomic mass is 10.2. The summed E-state index contributed by atoms with van der Waals surface area (Å²) in [5.41, 5.74) is 1.43. The van der Waals surface area contributed by atoms with Gasteiger partial charge in [-0.25, -0.2) is 18.7 Å². The Kier molecular flexibility index (Phi) is 7.06. The normalized spacial score (nSPS) is 13.8. The first-order chi connectivity index (χ1) is 15.5. The molecule has 0 spiro atoms. The fraction of sp³-hybridized carbons (Fsp3) is 0.227. The summed E-state index contributed by atoms with van der Waals surface area (Å²) in [6, 6.07) is 12.4. The SMILES string of the molecule is O=C(CSc1cc(N2CCN(c3ccc(F)cc3)CC2)ncn1)Nc1ccc(F)c(Cl)c1. The lowest BCUT2D eigenvalue weighted by molar-refractivity contribution is -0.113. The number of nitrogens with zero attached hydrogens (tertiary/aromatic N) is 4. The van der Waals surface area contributed by atoms with E-state index in [2.05, 4.69) is 25.1 Å². The van der Waals surface area contributed by atoms with Crippen molar-refractivity contribution >= 4 is 46.5 Å². The van der Waals surface area contributed by atoms with Crippen LogP contribution in [0.4, 0.5) is 26.0 Å². The molecule has 0 bridgehead atoms. The van der Waals surface area contributed by atoms with Crippen molar-refractivity contribution in [3.8, 4) is 0 Å². The molecule has 1 aromatic heterocycles. The molecule has 0 aliphatic carbocycles. The van der Waals surface area contributed by atoms with E-state index in [1.54, 1.807) is 12.1 Å². The predicted molar refractivity (Wildman–Crippen MR) is 124 cm³/mol. The molecule has 6 nitrogen and oxygen atoms in total. The summed E-state index contributed by atoms with van der Waals surface area (Å²) in [7, 11) is 0. The van der Waals surface area contributed by atoms with E-state index >= 15 is 0 Å². The Labute approximate surface area is 193 Å². The van der Waals surface area contributed by atoms with Crippen LogP contribution in [0.25, 0.3) is 0 Å². The van der Waals surface area contributed by atoms with E-state index in [1.807, 2.05) is 6.07 Å². The van der Waals surface area contributed by atoms with Gasteiger partial charge in [0.2, 0.25) is 5.91 Å². The minimum absolute atomic E-state index is 0.0459. The molecular formula is C22H20ClF2N5OS. The van der Waals surface area contributed by atoms with E-state index in [0.717, 1.165) is 37.7 Å². The van der Waals surface area contributed by atoms with Gasteiger partial charge >= 0.3 is 0 Å². The van der Waals surface area contributed by atoms with Crippen LogP contribution in [0.5, 0.6) is 0 Å². The van der Waals surface area contributed by atoms with Gasteiger partial charge in [0.25, 0.3) is 0 Å². The molecule has 0 radical (unpaired) electrons. The Balaban J connectivity index is 1.30. The Morgan fingerprint density at radius 2 is 1.72 bits per heavy atom. The van der Waals surface area contributed by atoms with E-state index in [0.29, 0.717) is 10.7 Å². The minimum Gasteiger partial charge on any atom is -0.368 e. The number of nitrogens with one attached hydrogen (secondary N) is 1. The van der Waals surface area contributed by atoms with Gasteiger partial charge in [-0.1, -0.05) is 23.4 Å². The Morgan fingerprint density at radius 1 is 1.00 bits per heavy atom. The lowest BCUT2D eigenvalue weighted by Crippen LogP contribution is -2.46. The van der Waals surface area contributed by atoms with Crippen molar-refractivity contribution < 1.29 is 13.6 Å². The molecule has 1 fully saturated rings. The summed E-state index contributed by atoms with van der Waals surface area (Å²) in [4.78, 5) is 25.2. The molecule has 0 atom stereocenters. The molecule has 1 aliphatic heterocycles. The van der Waals surface area contributed by atoms with Crippen LogP contribution in [0.15, 0.2) is 59.9 Å². The standard InChI is InChI=1S/C22H20ClF2N5OS/c23-18-11-16(3-6-19(18)25)28-21(31)13-32-22-12-20(26-14-27-22)30-9-7-29(8-10-30)17-4-1-15(24)2-5-17/h1-6,11-12,14H,7-10,13H2,(H,28,31). The maximum absolute atomic E-state index is 13.2. The van der Waals surface area contributed by atoms with Crippen molar-refractivity contribution in [2.45, 2.75) is 5.03 Å². The molecule has 0 unspecified atom stereocenters. The summed E-state index contributed by atoms with van der Waals surface area (Å²) >= 11 is 7.03. The maximum atomic E-state index is 13.2. The Morgan fingerprint density at radius 3 is 2.44 bits per heavy atom. The van der Waals surface area contributed by atoms with Gasteiger partial charge in [0, 0.05) is 43.6 Å². The van der Waals surface area contributed by atoms with E-state index < -0.39 is 5.82 Å². The van der Waals surface area contributed by atoms with Crippen molar-refractivity contribution in [1.29, 1.82) is 0 Å². The van der Waals surface area contributed by atoms with Crippen LogP contribution in [-0.2, 0) is 4.79 Å². The number of amides is 1. The fourth-order valence-corrected chi connectivity index (χ4v) is 4.18. The van der Waals surface area contributed by atoms with Crippen molar-refractivity contribution in [2.24, 2.45) is 0 Å². The third kappa shape index (κ3) is 5.66. The zero-order valence-corrected chi connectivity index (χ0v) is 18.5. The quantitative estimate of drug-likeness (QED) is 0.419. The molecule has 1 amide bonds. The number of hydrogen-bond acceptors (Lipinski definition) is 6. The van der Waals surface area contributed by atoms with Crippen molar-refractivity contribution in [2.75, 3.05) is 47.0 Å².